The Kier molecular flexibility index (Phi) is 5.49. The van der Waals surface area contributed by atoms with Gasteiger partial charge in [-0.3, -0.25) is 0 Å². The number of rotatable bonds is 4. The van der Waals surface area contributed by atoms with E-state index in [1.807, 2.05) is 20.8 Å². The van der Waals surface area contributed by atoms with Crippen LogP contribution in [-0.4, -0.2) is 66.8 Å². The summed E-state index contributed by atoms with van der Waals surface area (Å²) in [5.74, 6) is 0. The van der Waals surface area contributed by atoms with E-state index in [2.05, 4.69) is 10.2 Å². The minimum absolute atomic E-state index is 0.241. The molecule has 21 heavy (non-hydrogen) atoms. The molecule has 2 fully saturated rings. The van der Waals surface area contributed by atoms with Crippen molar-refractivity contribution in [2.24, 2.45) is 0 Å². The monoisotopic (exact) mass is 297 g/mol. The molecule has 0 bridgehead atoms. The Morgan fingerprint density at radius 1 is 1.33 bits per heavy atom. The van der Waals surface area contributed by atoms with E-state index in [0.717, 1.165) is 12.6 Å². The quantitative estimate of drug-likeness (QED) is 0.863. The highest BCUT2D eigenvalue weighted by Gasteiger charge is 2.31. The Bertz CT molecular complexity index is 354. The number of piperidine rings is 1. The maximum atomic E-state index is 11.9. The lowest BCUT2D eigenvalue weighted by Gasteiger charge is -2.35. The lowest BCUT2D eigenvalue weighted by atomic mass is 9.98. The van der Waals surface area contributed by atoms with E-state index in [9.17, 15) is 4.79 Å². The molecule has 2 aliphatic rings. The predicted molar refractivity (Wildman–Crippen MR) is 84.5 cm³/mol. The zero-order valence-electron chi connectivity index (χ0n) is 14.0. The SMILES string of the molecule is CN(CCN[C@H]1CCN2CCC[C@@H]2C1)C(=O)OC(C)(C)C. The van der Waals surface area contributed by atoms with Crippen molar-refractivity contribution in [1.29, 1.82) is 0 Å². The zero-order chi connectivity index (χ0) is 15.5. The number of carbonyl (C=O) groups is 1. The molecular weight excluding hydrogens is 266 g/mol. The van der Waals surface area contributed by atoms with Crippen molar-refractivity contribution < 1.29 is 9.53 Å². The van der Waals surface area contributed by atoms with Crippen LogP contribution in [0.15, 0.2) is 0 Å². The largest absolute Gasteiger partial charge is 0.444 e. The first-order chi connectivity index (χ1) is 9.85. The van der Waals surface area contributed by atoms with Crippen molar-refractivity contribution in [2.45, 2.75) is 64.1 Å². The summed E-state index contributed by atoms with van der Waals surface area (Å²) in [5, 5.41) is 3.61. The molecule has 5 heteroatoms. The number of ether oxygens (including phenoxy) is 1. The molecule has 0 aliphatic carbocycles. The number of carbonyl (C=O) groups excluding carboxylic acids is 1. The standard InChI is InChI=1S/C16H31N3O2/c1-16(2,3)21-15(20)18(4)11-8-17-13-7-10-19-9-5-6-14(19)12-13/h13-14,17H,5-12H2,1-4H3/t13-,14+/m0/s1. The smallest absolute Gasteiger partial charge is 0.410 e. The third-order valence-corrected chi connectivity index (χ3v) is 4.41. The van der Waals surface area contributed by atoms with Gasteiger partial charge in [-0.15, -0.1) is 0 Å². The lowest BCUT2D eigenvalue weighted by Crippen LogP contribution is -2.47. The summed E-state index contributed by atoms with van der Waals surface area (Å²) in [6.45, 7) is 9.74. The van der Waals surface area contributed by atoms with Gasteiger partial charge >= 0.3 is 6.09 Å². The Hall–Kier alpha value is -0.810. The lowest BCUT2D eigenvalue weighted by molar-refractivity contribution is 0.0297. The molecule has 0 aromatic heterocycles. The molecule has 122 valence electrons. The number of amides is 1. The minimum Gasteiger partial charge on any atom is -0.444 e. The highest BCUT2D eigenvalue weighted by molar-refractivity contribution is 5.67. The second-order valence-corrected chi connectivity index (χ2v) is 7.41. The highest BCUT2D eigenvalue weighted by Crippen LogP contribution is 2.26. The van der Waals surface area contributed by atoms with Crippen molar-refractivity contribution in [1.82, 2.24) is 15.1 Å². The molecule has 2 rings (SSSR count). The summed E-state index contributed by atoms with van der Waals surface area (Å²) in [5.41, 5.74) is -0.423. The molecule has 0 aromatic carbocycles. The van der Waals surface area contributed by atoms with Crippen LogP contribution in [0.3, 0.4) is 0 Å². The molecule has 2 aliphatic heterocycles. The second-order valence-electron chi connectivity index (χ2n) is 7.41. The van der Waals surface area contributed by atoms with Gasteiger partial charge in [-0.1, -0.05) is 0 Å². The van der Waals surface area contributed by atoms with E-state index in [-0.39, 0.29) is 6.09 Å². The minimum atomic E-state index is -0.423. The van der Waals surface area contributed by atoms with E-state index in [1.54, 1.807) is 11.9 Å². The van der Waals surface area contributed by atoms with Gasteiger partial charge in [0.1, 0.15) is 5.60 Å². The first kappa shape index (κ1) is 16.6. The van der Waals surface area contributed by atoms with Crippen LogP contribution in [0.5, 0.6) is 0 Å². The Morgan fingerprint density at radius 3 is 2.81 bits per heavy atom. The summed E-state index contributed by atoms with van der Waals surface area (Å²) in [4.78, 5) is 16.1. The first-order valence-electron chi connectivity index (χ1n) is 8.27. The van der Waals surface area contributed by atoms with Crippen LogP contribution in [0, 0.1) is 0 Å². The topological polar surface area (TPSA) is 44.8 Å². The Balaban J connectivity index is 1.64. The molecule has 2 atom stereocenters. The first-order valence-corrected chi connectivity index (χ1v) is 8.27. The molecule has 1 amide bonds. The van der Waals surface area contributed by atoms with E-state index in [1.165, 1.54) is 38.8 Å². The number of nitrogens with one attached hydrogen (secondary N) is 1. The number of hydrogen-bond donors (Lipinski definition) is 1. The van der Waals surface area contributed by atoms with Gasteiger partial charge in [-0.05, 0) is 59.5 Å². The molecular formula is C16H31N3O2. The van der Waals surface area contributed by atoms with Crippen molar-refractivity contribution >= 4 is 6.09 Å². The van der Waals surface area contributed by atoms with Gasteiger partial charge in [-0.2, -0.15) is 0 Å². The molecule has 0 aromatic rings. The molecule has 2 saturated heterocycles. The van der Waals surface area contributed by atoms with E-state index >= 15 is 0 Å². The third-order valence-electron chi connectivity index (χ3n) is 4.41. The Labute approximate surface area is 129 Å². The van der Waals surface area contributed by atoms with Crippen LogP contribution in [0.25, 0.3) is 0 Å². The van der Waals surface area contributed by atoms with Crippen LogP contribution in [0.1, 0.15) is 46.5 Å². The summed E-state index contributed by atoms with van der Waals surface area (Å²) in [6.07, 6.45) is 4.97. The van der Waals surface area contributed by atoms with Gasteiger partial charge in [0.05, 0.1) is 0 Å². The van der Waals surface area contributed by atoms with Crippen molar-refractivity contribution in [3.8, 4) is 0 Å². The molecule has 1 N–H and O–H groups in total. The van der Waals surface area contributed by atoms with Crippen LogP contribution < -0.4 is 5.32 Å². The summed E-state index contributed by atoms with van der Waals surface area (Å²) in [7, 11) is 1.80. The fourth-order valence-corrected chi connectivity index (χ4v) is 3.28. The molecule has 0 spiro atoms. The van der Waals surface area contributed by atoms with Crippen molar-refractivity contribution in [2.75, 3.05) is 33.2 Å². The summed E-state index contributed by atoms with van der Waals surface area (Å²) < 4.78 is 5.35. The van der Waals surface area contributed by atoms with Gasteiger partial charge in [0, 0.05) is 32.2 Å². The summed E-state index contributed by atoms with van der Waals surface area (Å²) in [6, 6.07) is 1.40. The number of hydrogen-bond acceptors (Lipinski definition) is 4. The van der Waals surface area contributed by atoms with Gasteiger partial charge in [-0.25, -0.2) is 4.79 Å². The van der Waals surface area contributed by atoms with Crippen LogP contribution in [-0.2, 0) is 4.74 Å². The van der Waals surface area contributed by atoms with Crippen LogP contribution in [0.2, 0.25) is 0 Å². The highest BCUT2D eigenvalue weighted by atomic mass is 16.6. The van der Waals surface area contributed by atoms with Gasteiger partial charge in [0.15, 0.2) is 0 Å². The molecule has 5 nitrogen and oxygen atoms in total. The average molecular weight is 297 g/mol. The molecule has 0 unspecified atom stereocenters. The van der Waals surface area contributed by atoms with Gasteiger partial charge in [0.25, 0.3) is 0 Å². The van der Waals surface area contributed by atoms with Gasteiger partial charge < -0.3 is 19.9 Å². The maximum absolute atomic E-state index is 11.9. The fourth-order valence-electron chi connectivity index (χ4n) is 3.28. The molecule has 0 radical (unpaired) electrons. The normalized spacial score (nSPS) is 26.5. The van der Waals surface area contributed by atoms with Crippen molar-refractivity contribution in [3.05, 3.63) is 0 Å². The van der Waals surface area contributed by atoms with Crippen LogP contribution >= 0.6 is 0 Å². The number of nitrogens with zero attached hydrogens (tertiary/aromatic N) is 2. The van der Waals surface area contributed by atoms with Gasteiger partial charge in [0.2, 0.25) is 0 Å². The number of fused-ring (bicyclic) bond motifs is 1. The zero-order valence-corrected chi connectivity index (χ0v) is 14.0. The predicted octanol–water partition coefficient (Wildman–Crippen LogP) is 2.07. The van der Waals surface area contributed by atoms with E-state index in [0.29, 0.717) is 12.6 Å². The number of likely N-dealkylation sites (N-methyl/N-ethyl adjacent to an activating group) is 1. The third kappa shape index (κ3) is 5.15. The molecule has 0 saturated carbocycles. The average Bonchev–Trinajstić information content (AvgIpc) is 2.84. The summed E-state index contributed by atoms with van der Waals surface area (Å²) >= 11 is 0. The Morgan fingerprint density at radius 2 is 2.10 bits per heavy atom. The maximum Gasteiger partial charge on any atom is 0.410 e. The second kappa shape index (κ2) is 6.97. The van der Waals surface area contributed by atoms with E-state index in [4.69, 9.17) is 4.74 Å². The van der Waals surface area contributed by atoms with Crippen molar-refractivity contribution in [3.63, 3.8) is 0 Å². The molecule has 2 heterocycles. The van der Waals surface area contributed by atoms with Crippen LogP contribution in [0.4, 0.5) is 4.79 Å². The van der Waals surface area contributed by atoms with E-state index < -0.39 is 5.60 Å². The fraction of sp³-hybridized carbons (Fsp3) is 0.938.